The summed E-state index contributed by atoms with van der Waals surface area (Å²) in [5.41, 5.74) is 4.57. The average molecular weight is 353 g/mol. The minimum Gasteiger partial charge on any atom is -0.356 e. The number of fused-ring (bicyclic) bond motifs is 1. The Labute approximate surface area is 154 Å². The number of hydrogen-bond acceptors (Lipinski definition) is 2. The Morgan fingerprint density at radius 3 is 2.64 bits per heavy atom. The zero-order valence-electron chi connectivity index (χ0n) is 14.6. The van der Waals surface area contributed by atoms with Gasteiger partial charge in [0.25, 0.3) is 0 Å². The van der Waals surface area contributed by atoms with Gasteiger partial charge < -0.3 is 15.5 Å². The summed E-state index contributed by atoms with van der Waals surface area (Å²) >= 11 is 5.63. The van der Waals surface area contributed by atoms with E-state index < -0.39 is 0 Å². The van der Waals surface area contributed by atoms with Crippen LogP contribution in [-0.4, -0.2) is 22.5 Å². The highest BCUT2D eigenvalue weighted by molar-refractivity contribution is 7.80. The van der Waals surface area contributed by atoms with Crippen molar-refractivity contribution in [1.29, 1.82) is 0 Å². The van der Waals surface area contributed by atoms with E-state index in [1.165, 1.54) is 16.7 Å². The van der Waals surface area contributed by atoms with Gasteiger partial charge in [-0.2, -0.15) is 0 Å². The van der Waals surface area contributed by atoms with Crippen molar-refractivity contribution in [2.24, 2.45) is 0 Å². The average Bonchev–Trinajstić information content (AvgIpc) is 2.61. The van der Waals surface area contributed by atoms with E-state index in [2.05, 4.69) is 40.7 Å². The number of carbonyl (C=O) groups excluding carboxylic acids is 1. The lowest BCUT2D eigenvalue weighted by atomic mass is 9.98. The highest BCUT2D eigenvalue weighted by Crippen LogP contribution is 2.26. The molecule has 1 aliphatic heterocycles. The number of nitrogens with one attached hydrogen (secondary N) is 2. The van der Waals surface area contributed by atoms with Gasteiger partial charge in [-0.05, 0) is 48.3 Å². The molecule has 1 heterocycles. The second kappa shape index (κ2) is 7.66. The van der Waals surface area contributed by atoms with Crippen molar-refractivity contribution in [1.82, 2.24) is 10.2 Å². The zero-order valence-corrected chi connectivity index (χ0v) is 15.4. The number of rotatable bonds is 3. The summed E-state index contributed by atoms with van der Waals surface area (Å²) < 4.78 is 0. The summed E-state index contributed by atoms with van der Waals surface area (Å²) in [6.45, 7) is 5.26. The summed E-state index contributed by atoms with van der Waals surface area (Å²) in [4.78, 5) is 13.6. The third-order valence-electron chi connectivity index (χ3n) is 4.50. The quantitative estimate of drug-likeness (QED) is 0.827. The summed E-state index contributed by atoms with van der Waals surface area (Å²) in [6, 6.07) is 16.5. The van der Waals surface area contributed by atoms with Crippen LogP contribution in [0.1, 0.15) is 36.6 Å². The molecular weight excluding hydrogens is 330 g/mol. The second-order valence-corrected chi connectivity index (χ2v) is 6.76. The molecule has 0 fully saturated rings. The summed E-state index contributed by atoms with van der Waals surface area (Å²) in [5, 5.41) is 7.13. The van der Waals surface area contributed by atoms with Gasteiger partial charge in [0, 0.05) is 25.7 Å². The van der Waals surface area contributed by atoms with Gasteiger partial charge in [-0.25, -0.2) is 0 Å². The SMILES string of the molecule is CC(=O)Nc1cccc2c1CCN(C(=S)N[C@@H](C)c1ccccc1)C2. The first-order valence-corrected chi connectivity index (χ1v) is 8.94. The molecule has 1 aliphatic rings. The van der Waals surface area contributed by atoms with Gasteiger partial charge >= 0.3 is 0 Å². The van der Waals surface area contributed by atoms with E-state index in [0.29, 0.717) is 0 Å². The molecule has 2 aromatic rings. The molecular formula is C20H23N3OS. The van der Waals surface area contributed by atoms with Crippen LogP contribution in [0.3, 0.4) is 0 Å². The van der Waals surface area contributed by atoms with Gasteiger partial charge in [-0.3, -0.25) is 4.79 Å². The third kappa shape index (κ3) is 4.17. The number of carbonyl (C=O) groups is 1. The monoisotopic (exact) mass is 353 g/mol. The highest BCUT2D eigenvalue weighted by atomic mass is 32.1. The summed E-state index contributed by atoms with van der Waals surface area (Å²) in [6.07, 6.45) is 0.868. The molecule has 0 unspecified atom stereocenters. The fourth-order valence-electron chi connectivity index (χ4n) is 3.19. The van der Waals surface area contributed by atoms with Crippen molar-refractivity contribution in [2.75, 3.05) is 11.9 Å². The van der Waals surface area contributed by atoms with Crippen LogP contribution in [0.5, 0.6) is 0 Å². The van der Waals surface area contributed by atoms with Crippen molar-refractivity contribution < 1.29 is 4.79 Å². The molecule has 0 radical (unpaired) electrons. The van der Waals surface area contributed by atoms with E-state index >= 15 is 0 Å². The van der Waals surface area contributed by atoms with Crippen LogP contribution in [0, 0.1) is 0 Å². The Hall–Kier alpha value is -2.40. The molecule has 2 aromatic carbocycles. The molecule has 2 N–H and O–H groups in total. The number of hydrogen-bond donors (Lipinski definition) is 2. The van der Waals surface area contributed by atoms with E-state index in [1.807, 2.05) is 30.3 Å². The van der Waals surface area contributed by atoms with Crippen molar-refractivity contribution >= 4 is 28.9 Å². The second-order valence-electron chi connectivity index (χ2n) is 6.38. The summed E-state index contributed by atoms with van der Waals surface area (Å²) in [5.74, 6) is -0.0373. The Morgan fingerprint density at radius 1 is 1.16 bits per heavy atom. The molecule has 25 heavy (non-hydrogen) atoms. The predicted octanol–water partition coefficient (Wildman–Crippen LogP) is 3.64. The first kappa shape index (κ1) is 17.4. The Balaban J connectivity index is 1.68. The normalized spacial score (nSPS) is 14.4. The predicted molar refractivity (Wildman–Crippen MR) is 105 cm³/mol. The molecule has 1 atom stereocenters. The van der Waals surface area contributed by atoms with Crippen molar-refractivity contribution in [2.45, 2.75) is 32.9 Å². The maximum absolute atomic E-state index is 11.4. The molecule has 0 saturated heterocycles. The lowest BCUT2D eigenvalue weighted by molar-refractivity contribution is -0.114. The first-order valence-electron chi connectivity index (χ1n) is 8.53. The van der Waals surface area contributed by atoms with E-state index in [4.69, 9.17) is 12.2 Å². The molecule has 0 bridgehead atoms. The largest absolute Gasteiger partial charge is 0.356 e. The lowest BCUT2D eigenvalue weighted by Crippen LogP contribution is -2.43. The van der Waals surface area contributed by atoms with Crippen molar-refractivity contribution in [3.05, 3.63) is 65.2 Å². The van der Waals surface area contributed by atoms with Crippen molar-refractivity contribution in [3.8, 4) is 0 Å². The Kier molecular flexibility index (Phi) is 5.34. The van der Waals surface area contributed by atoms with Crippen molar-refractivity contribution in [3.63, 3.8) is 0 Å². The number of thiocarbonyl (C=S) groups is 1. The fourth-order valence-corrected chi connectivity index (χ4v) is 3.52. The van der Waals surface area contributed by atoms with E-state index in [0.717, 1.165) is 30.3 Å². The Morgan fingerprint density at radius 2 is 1.92 bits per heavy atom. The Bertz CT molecular complexity index is 776. The minimum atomic E-state index is -0.0373. The molecule has 0 aromatic heterocycles. The molecule has 0 aliphatic carbocycles. The van der Waals surface area contributed by atoms with Crippen LogP contribution in [0.25, 0.3) is 0 Å². The number of anilines is 1. The molecule has 0 saturated carbocycles. The molecule has 130 valence electrons. The van der Waals surface area contributed by atoms with Crippen LogP contribution in [0.15, 0.2) is 48.5 Å². The topological polar surface area (TPSA) is 44.4 Å². The maximum Gasteiger partial charge on any atom is 0.221 e. The highest BCUT2D eigenvalue weighted by Gasteiger charge is 2.21. The van der Waals surface area contributed by atoms with Gasteiger partial charge in [-0.15, -0.1) is 0 Å². The van der Waals surface area contributed by atoms with Gasteiger partial charge in [0.1, 0.15) is 0 Å². The molecule has 3 rings (SSSR count). The van der Waals surface area contributed by atoms with Crippen LogP contribution >= 0.6 is 12.2 Å². The molecule has 1 amide bonds. The summed E-state index contributed by atoms with van der Waals surface area (Å²) in [7, 11) is 0. The van der Waals surface area contributed by atoms with E-state index in [1.54, 1.807) is 6.92 Å². The van der Waals surface area contributed by atoms with Gasteiger partial charge in [0.15, 0.2) is 5.11 Å². The smallest absolute Gasteiger partial charge is 0.221 e. The van der Waals surface area contributed by atoms with E-state index in [9.17, 15) is 4.79 Å². The molecule has 5 heteroatoms. The fraction of sp³-hybridized carbons (Fsp3) is 0.300. The number of nitrogens with zero attached hydrogens (tertiary/aromatic N) is 1. The minimum absolute atomic E-state index is 0.0373. The maximum atomic E-state index is 11.4. The number of benzene rings is 2. The number of amides is 1. The lowest BCUT2D eigenvalue weighted by Gasteiger charge is -2.33. The van der Waals surface area contributed by atoms with Gasteiger partial charge in [0.2, 0.25) is 5.91 Å². The standard InChI is InChI=1S/C20H23N3OS/c1-14(16-7-4-3-5-8-16)21-20(25)23-12-11-18-17(13-23)9-6-10-19(18)22-15(2)24/h3-10,14H,11-13H2,1-2H3,(H,21,25)(H,22,24)/t14-/m0/s1. The van der Waals surface area contributed by atoms with Gasteiger partial charge in [-0.1, -0.05) is 42.5 Å². The first-order chi connectivity index (χ1) is 12.0. The molecule has 0 spiro atoms. The van der Waals surface area contributed by atoms with Gasteiger partial charge in [0.05, 0.1) is 6.04 Å². The van der Waals surface area contributed by atoms with Crippen LogP contribution in [0.4, 0.5) is 5.69 Å². The third-order valence-corrected chi connectivity index (χ3v) is 4.88. The van der Waals surface area contributed by atoms with Crippen LogP contribution in [-0.2, 0) is 17.8 Å². The van der Waals surface area contributed by atoms with E-state index in [-0.39, 0.29) is 11.9 Å². The molecule has 4 nitrogen and oxygen atoms in total. The zero-order chi connectivity index (χ0) is 17.8. The van der Waals surface area contributed by atoms with Crippen LogP contribution < -0.4 is 10.6 Å². The van der Waals surface area contributed by atoms with Crippen LogP contribution in [0.2, 0.25) is 0 Å².